The standard InChI is InChI=1S/C23H20BrNO3/c1-12(26)13-2-4-14(5-3-13)18-10-15-11-19(18)21-20(15)22(27)25(23(21)28)17-8-6-16(24)7-9-17/h2-9,15,18-21H,10-11H2,1H3. The molecule has 4 nitrogen and oxygen atoms in total. The molecule has 5 unspecified atom stereocenters. The zero-order chi connectivity index (χ0) is 19.6. The van der Waals surface area contributed by atoms with Gasteiger partial charge in [-0.3, -0.25) is 19.3 Å². The van der Waals surface area contributed by atoms with Crippen LogP contribution in [0.2, 0.25) is 0 Å². The van der Waals surface area contributed by atoms with E-state index in [0.717, 1.165) is 17.3 Å². The first-order valence-corrected chi connectivity index (χ1v) is 10.5. The highest BCUT2D eigenvalue weighted by Gasteiger charge is 2.64. The highest BCUT2D eigenvalue weighted by Crippen LogP contribution is 2.61. The average molecular weight is 438 g/mol. The van der Waals surface area contributed by atoms with E-state index in [1.54, 1.807) is 6.92 Å². The summed E-state index contributed by atoms with van der Waals surface area (Å²) in [5, 5.41) is 0. The Morgan fingerprint density at radius 3 is 2.21 bits per heavy atom. The number of rotatable bonds is 3. The third-order valence-corrected chi connectivity index (χ3v) is 7.37. The summed E-state index contributed by atoms with van der Waals surface area (Å²) in [5.74, 6) is 0.348. The van der Waals surface area contributed by atoms with Gasteiger partial charge in [-0.2, -0.15) is 0 Å². The summed E-state index contributed by atoms with van der Waals surface area (Å²) in [6.07, 6.45) is 1.89. The molecule has 2 saturated carbocycles. The lowest BCUT2D eigenvalue weighted by atomic mass is 9.72. The van der Waals surface area contributed by atoms with Gasteiger partial charge in [-0.05, 0) is 67.3 Å². The summed E-state index contributed by atoms with van der Waals surface area (Å²) in [7, 11) is 0. The Hall–Kier alpha value is -2.27. The molecular formula is C23H20BrNO3. The van der Waals surface area contributed by atoms with E-state index < -0.39 is 0 Å². The number of hydrogen-bond acceptors (Lipinski definition) is 3. The van der Waals surface area contributed by atoms with Gasteiger partial charge in [0.1, 0.15) is 0 Å². The minimum atomic E-state index is -0.215. The minimum Gasteiger partial charge on any atom is -0.295 e. The predicted octanol–water partition coefficient (Wildman–Crippen LogP) is 4.58. The molecule has 2 aromatic rings. The number of fused-ring (bicyclic) bond motifs is 5. The minimum absolute atomic E-state index is 0.0322. The molecule has 5 atom stereocenters. The van der Waals surface area contributed by atoms with Crippen LogP contribution in [0.3, 0.4) is 0 Å². The molecule has 1 saturated heterocycles. The normalized spacial score (nSPS) is 30.8. The molecule has 0 N–H and O–H groups in total. The Morgan fingerprint density at radius 2 is 1.57 bits per heavy atom. The van der Waals surface area contributed by atoms with Crippen LogP contribution in [0.25, 0.3) is 0 Å². The summed E-state index contributed by atoms with van der Waals surface area (Å²) in [6.45, 7) is 1.57. The SMILES string of the molecule is CC(=O)c1ccc(C2CC3CC2C2C(=O)N(c4ccc(Br)cc4)C(=O)C32)cc1. The van der Waals surface area contributed by atoms with Crippen molar-refractivity contribution in [3.8, 4) is 0 Å². The molecule has 2 aliphatic carbocycles. The van der Waals surface area contributed by atoms with E-state index in [1.165, 1.54) is 10.5 Å². The Morgan fingerprint density at radius 1 is 0.929 bits per heavy atom. The van der Waals surface area contributed by atoms with Gasteiger partial charge in [0.05, 0.1) is 17.5 Å². The van der Waals surface area contributed by atoms with E-state index in [-0.39, 0.29) is 47.2 Å². The fraction of sp³-hybridized carbons (Fsp3) is 0.348. The molecule has 2 aromatic carbocycles. The van der Waals surface area contributed by atoms with Crippen LogP contribution < -0.4 is 4.90 Å². The van der Waals surface area contributed by atoms with Crippen molar-refractivity contribution in [2.24, 2.45) is 23.7 Å². The number of amides is 2. The Balaban J connectivity index is 1.44. The van der Waals surface area contributed by atoms with Gasteiger partial charge in [0.15, 0.2) is 5.78 Å². The van der Waals surface area contributed by atoms with Gasteiger partial charge in [-0.15, -0.1) is 0 Å². The first-order chi connectivity index (χ1) is 13.5. The van der Waals surface area contributed by atoms with Gasteiger partial charge in [0.25, 0.3) is 0 Å². The second-order valence-corrected chi connectivity index (χ2v) is 9.14. The summed E-state index contributed by atoms with van der Waals surface area (Å²) in [5.41, 5.74) is 2.55. The van der Waals surface area contributed by atoms with E-state index in [9.17, 15) is 14.4 Å². The Labute approximate surface area is 172 Å². The predicted molar refractivity (Wildman–Crippen MR) is 109 cm³/mol. The maximum absolute atomic E-state index is 13.2. The quantitative estimate of drug-likeness (QED) is 0.521. The number of imide groups is 1. The lowest BCUT2D eigenvalue weighted by Crippen LogP contribution is -2.32. The van der Waals surface area contributed by atoms with Crippen molar-refractivity contribution in [3.05, 3.63) is 64.1 Å². The van der Waals surface area contributed by atoms with Crippen molar-refractivity contribution in [2.75, 3.05) is 4.90 Å². The number of benzene rings is 2. The number of carbonyl (C=O) groups is 3. The van der Waals surface area contributed by atoms with Crippen LogP contribution in [0.1, 0.15) is 41.6 Å². The van der Waals surface area contributed by atoms with Crippen LogP contribution in [-0.2, 0) is 9.59 Å². The van der Waals surface area contributed by atoms with Crippen molar-refractivity contribution in [2.45, 2.75) is 25.7 Å². The van der Waals surface area contributed by atoms with Crippen molar-refractivity contribution in [1.82, 2.24) is 0 Å². The summed E-state index contributed by atoms with van der Waals surface area (Å²) in [6, 6.07) is 15.1. The van der Waals surface area contributed by atoms with Crippen molar-refractivity contribution >= 4 is 39.2 Å². The maximum Gasteiger partial charge on any atom is 0.237 e. The van der Waals surface area contributed by atoms with Crippen LogP contribution in [0.5, 0.6) is 0 Å². The highest BCUT2D eigenvalue weighted by atomic mass is 79.9. The molecule has 1 heterocycles. The molecule has 1 aliphatic heterocycles. The molecule has 2 amide bonds. The summed E-state index contributed by atoms with van der Waals surface area (Å²) < 4.78 is 0.921. The molecule has 2 bridgehead atoms. The molecule has 3 aliphatic rings. The molecule has 142 valence electrons. The third-order valence-electron chi connectivity index (χ3n) is 6.85. The van der Waals surface area contributed by atoms with Gasteiger partial charge in [0.2, 0.25) is 11.8 Å². The van der Waals surface area contributed by atoms with Gasteiger partial charge in [-0.1, -0.05) is 40.2 Å². The summed E-state index contributed by atoms with van der Waals surface area (Å²) >= 11 is 3.40. The van der Waals surface area contributed by atoms with Gasteiger partial charge >= 0.3 is 0 Å². The lowest BCUT2D eigenvalue weighted by Gasteiger charge is -2.29. The Kier molecular flexibility index (Phi) is 4.05. The first-order valence-electron chi connectivity index (χ1n) is 9.70. The molecule has 0 radical (unpaired) electrons. The average Bonchev–Trinajstić information content (AvgIpc) is 3.34. The number of nitrogens with zero attached hydrogens (tertiary/aromatic N) is 1. The van der Waals surface area contributed by atoms with Gasteiger partial charge < -0.3 is 0 Å². The van der Waals surface area contributed by atoms with E-state index in [2.05, 4.69) is 15.9 Å². The van der Waals surface area contributed by atoms with Gasteiger partial charge in [0, 0.05) is 10.0 Å². The van der Waals surface area contributed by atoms with Crippen molar-refractivity contribution in [3.63, 3.8) is 0 Å². The maximum atomic E-state index is 13.2. The number of Topliss-reactive ketones (excluding diaryl/α,β-unsaturated/α-hetero) is 1. The second kappa shape index (κ2) is 6.38. The molecule has 0 spiro atoms. The molecule has 3 fully saturated rings. The smallest absolute Gasteiger partial charge is 0.237 e. The first kappa shape index (κ1) is 17.8. The number of carbonyl (C=O) groups excluding carboxylic acids is 3. The van der Waals surface area contributed by atoms with Crippen LogP contribution >= 0.6 is 15.9 Å². The van der Waals surface area contributed by atoms with E-state index in [0.29, 0.717) is 11.3 Å². The largest absolute Gasteiger partial charge is 0.295 e. The molecule has 5 rings (SSSR count). The van der Waals surface area contributed by atoms with Crippen LogP contribution in [0.15, 0.2) is 53.0 Å². The van der Waals surface area contributed by atoms with Gasteiger partial charge in [-0.25, -0.2) is 0 Å². The number of anilines is 1. The molecule has 0 aromatic heterocycles. The monoisotopic (exact) mass is 437 g/mol. The fourth-order valence-corrected chi connectivity index (χ4v) is 5.92. The topological polar surface area (TPSA) is 54.5 Å². The zero-order valence-corrected chi connectivity index (χ0v) is 17.1. The fourth-order valence-electron chi connectivity index (χ4n) is 5.65. The van der Waals surface area contributed by atoms with Crippen LogP contribution in [0.4, 0.5) is 5.69 Å². The number of ketones is 1. The number of hydrogen-bond donors (Lipinski definition) is 0. The third kappa shape index (κ3) is 2.52. The Bertz CT molecular complexity index is 982. The zero-order valence-electron chi connectivity index (χ0n) is 15.5. The van der Waals surface area contributed by atoms with Crippen molar-refractivity contribution < 1.29 is 14.4 Å². The molecule has 5 heteroatoms. The lowest BCUT2D eigenvalue weighted by molar-refractivity contribution is -0.123. The molecule has 28 heavy (non-hydrogen) atoms. The highest BCUT2D eigenvalue weighted by molar-refractivity contribution is 9.10. The van der Waals surface area contributed by atoms with Crippen LogP contribution in [-0.4, -0.2) is 17.6 Å². The van der Waals surface area contributed by atoms with Crippen molar-refractivity contribution in [1.29, 1.82) is 0 Å². The summed E-state index contributed by atoms with van der Waals surface area (Å²) in [4.78, 5) is 39.3. The number of halogens is 1. The van der Waals surface area contributed by atoms with E-state index >= 15 is 0 Å². The van der Waals surface area contributed by atoms with E-state index in [4.69, 9.17) is 0 Å². The second-order valence-electron chi connectivity index (χ2n) is 8.22. The van der Waals surface area contributed by atoms with E-state index in [1.807, 2.05) is 48.5 Å². The van der Waals surface area contributed by atoms with Crippen LogP contribution in [0, 0.1) is 23.7 Å². The molecular weight excluding hydrogens is 418 g/mol.